The summed E-state index contributed by atoms with van der Waals surface area (Å²) >= 11 is 4.50. The van der Waals surface area contributed by atoms with Gasteiger partial charge in [0.15, 0.2) is 11.4 Å². The highest BCUT2D eigenvalue weighted by Crippen LogP contribution is 2.54. The van der Waals surface area contributed by atoms with E-state index < -0.39 is 0 Å². The minimum absolute atomic E-state index is 0.0952. The van der Waals surface area contributed by atoms with Crippen LogP contribution in [-0.2, 0) is 10.3 Å². The standard InChI is InChI=1S/C17H15N3OS/c21-9-15-12-7-11(3-4-13(12)17(19-15)5-6-17)20-8-14(10-1-2-10)18-16(20)22/h3-4,7-10H,1-2,5-6H2,(H,18,22). The van der Waals surface area contributed by atoms with E-state index in [1.54, 1.807) is 0 Å². The van der Waals surface area contributed by atoms with Gasteiger partial charge in [0, 0.05) is 23.4 Å². The SMILES string of the molecule is O=CC1=NC2(CC2)c2ccc(-n3cc(C4CC4)nc3S)cc21. The molecule has 2 fully saturated rings. The van der Waals surface area contributed by atoms with Crippen molar-refractivity contribution in [2.75, 3.05) is 0 Å². The number of fused-ring (bicyclic) bond motifs is 2. The fraction of sp³-hybridized carbons (Fsp3) is 0.353. The van der Waals surface area contributed by atoms with E-state index in [0.717, 1.165) is 36.1 Å². The molecular formula is C17H15N3OS. The second-order valence-corrected chi connectivity index (χ2v) is 6.89. The van der Waals surface area contributed by atoms with Gasteiger partial charge in [-0.25, -0.2) is 4.98 Å². The Hall–Kier alpha value is -1.88. The van der Waals surface area contributed by atoms with Crippen molar-refractivity contribution >= 4 is 24.6 Å². The zero-order valence-corrected chi connectivity index (χ0v) is 12.9. The lowest BCUT2D eigenvalue weighted by atomic mass is 9.99. The number of aldehydes is 1. The van der Waals surface area contributed by atoms with Crippen LogP contribution < -0.4 is 0 Å². The van der Waals surface area contributed by atoms with Gasteiger partial charge in [-0.2, -0.15) is 0 Å². The van der Waals surface area contributed by atoms with Crippen molar-refractivity contribution in [3.8, 4) is 5.69 Å². The number of aliphatic imine (C=N–C) groups is 1. The number of thiol groups is 1. The summed E-state index contributed by atoms with van der Waals surface area (Å²) in [6, 6.07) is 6.25. The minimum atomic E-state index is -0.0952. The molecule has 2 saturated carbocycles. The van der Waals surface area contributed by atoms with E-state index >= 15 is 0 Å². The number of aromatic nitrogens is 2. The topological polar surface area (TPSA) is 47.2 Å². The molecule has 0 amide bonds. The molecule has 5 heteroatoms. The monoisotopic (exact) mass is 309 g/mol. The lowest BCUT2D eigenvalue weighted by Gasteiger charge is -2.09. The first-order valence-electron chi connectivity index (χ1n) is 7.69. The van der Waals surface area contributed by atoms with E-state index in [0.29, 0.717) is 16.8 Å². The summed E-state index contributed by atoms with van der Waals surface area (Å²) in [5.74, 6) is 0.600. The van der Waals surface area contributed by atoms with Crippen molar-refractivity contribution in [1.82, 2.24) is 9.55 Å². The molecule has 0 N–H and O–H groups in total. The highest BCUT2D eigenvalue weighted by molar-refractivity contribution is 7.80. The normalized spacial score (nSPS) is 20.9. The number of nitrogens with zero attached hydrogens (tertiary/aromatic N) is 3. The quantitative estimate of drug-likeness (QED) is 0.700. The first kappa shape index (κ1) is 12.6. The van der Waals surface area contributed by atoms with Crippen LogP contribution in [-0.4, -0.2) is 21.5 Å². The zero-order valence-electron chi connectivity index (χ0n) is 12.0. The average Bonchev–Trinajstić information content (AvgIpc) is 3.43. The largest absolute Gasteiger partial charge is 0.296 e. The highest BCUT2D eigenvalue weighted by atomic mass is 32.1. The Kier molecular flexibility index (Phi) is 2.36. The summed E-state index contributed by atoms with van der Waals surface area (Å²) in [6.07, 6.45) is 7.48. The number of rotatable bonds is 3. The van der Waals surface area contributed by atoms with Gasteiger partial charge in [-0.1, -0.05) is 6.07 Å². The van der Waals surface area contributed by atoms with E-state index in [4.69, 9.17) is 0 Å². The van der Waals surface area contributed by atoms with Gasteiger partial charge < -0.3 is 0 Å². The van der Waals surface area contributed by atoms with Crippen LogP contribution in [0.2, 0.25) is 0 Å². The Morgan fingerprint density at radius 2 is 2.14 bits per heavy atom. The van der Waals surface area contributed by atoms with Crippen molar-refractivity contribution < 1.29 is 4.79 Å². The summed E-state index contributed by atoms with van der Waals surface area (Å²) in [4.78, 5) is 20.5. The number of imidazole rings is 1. The summed E-state index contributed by atoms with van der Waals surface area (Å²) in [5, 5.41) is 0.700. The van der Waals surface area contributed by atoms with Crippen LogP contribution in [0.1, 0.15) is 48.4 Å². The molecule has 1 aromatic carbocycles. The first-order valence-corrected chi connectivity index (χ1v) is 8.13. The maximum atomic E-state index is 11.3. The molecule has 1 aromatic heterocycles. The van der Waals surface area contributed by atoms with Gasteiger partial charge >= 0.3 is 0 Å². The van der Waals surface area contributed by atoms with Crippen LogP contribution in [0.25, 0.3) is 5.69 Å². The number of carbonyl (C=O) groups excluding carboxylic acids is 1. The highest BCUT2D eigenvalue weighted by Gasteiger charge is 2.49. The van der Waals surface area contributed by atoms with Crippen LogP contribution in [0.15, 0.2) is 34.5 Å². The molecule has 22 heavy (non-hydrogen) atoms. The van der Waals surface area contributed by atoms with Crippen LogP contribution >= 0.6 is 12.6 Å². The van der Waals surface area contributed by atoms with Crippen molar-refractivity contribution in [3.05, 3.63) is 41.2 Å². The smallest absolute Gasteiger partial charge is 0.169 e. The summed E-state index contributed by atoms with van der Waals surface area (Å²) in [6.45, 7) is 0. The van der Waals surface area contributed by atoms with Crippen molar-refractivity contribution in [2.45, 2.75) is 42.3 Å². The Morgan fingerprint density at radius 1 is 1.32 bits per heavy atom. The van der Waals surface area contributed by atoms with E-state index in [-0.39, 0.29) is 5.54 Å². The third kappa shape index (κ3) is 1.69. The molecular weight excluding hydrogens is 294 g/mol. The van der Waals surface area contributed by atoms with E-state index in [1.165, 1.54) is 18.4 Å². The number of hydrogen-bond acceptors (Lipinski definition) is 4. The van der Waals surface area contributed by atoms with Crippen LogP contribution in [0, 0.1) is 0 Å². The van der Waals surface area contributed by atoms with Gasteiger partial charge in [0.2, 0.25) is 0 Å². The van der Waals surface area contributed by atoms with Gasteiger partial charge in [-0.3, -0.25) is 14.4 Å². The van der Waals surface area contributed by atoms with Crippen LogP contribution in [0.5, 0.6) is 0 Å². The van der Waals surface area contributed by atoms with E-state index in [1.807, 2.05) is 10.6 Å². The number of hydrogen-bond donors (Lipinski definition) is 1. The molecule has 0 atom stereocenters. The Labute approximate surface area is 133 Å². The van der Waals surface area contributed by atoms with Crippen LogP contribution in [0.3, 0.4) is 0 Å². The maximum Gasteiger partial charge on any atom is 0.169 e. The Balaban J connectivity index is 1.63. The molecule has 2 heterocycles. The third-order valence-corrected chi connectivity index (χ3v) is 5.25. The fourth-order valence-corrected chi connectivity index (χ4v) is 3.68. The van der Waals surface area contributed by atoms with E-state index in [9.17, 15) is 4.79 Å². The molecule has 110 valence electrons. The third-order valence-electron chi connectivity index (χ3n) is 4.93. The van der Waals surface area contributed by atoms with Crippen molar-refractivity contribution in [3.63, 3.8) is 0 Å². The van der Waals surface area contributed by atoms with Crippen LogP contribution in [0.4, 0.5) is 0 Å². The molecule has 5 rings (SSSR count). The summed E-state index contributed by atoms with van der Waals surface area (Å²) < 4.78 is 2.00. The number of carbonyl (C=O) groups is 1. The second kappa shape index (κ2) is 4.10. The summed E-state index contributed by atoms with van der Waals surface area (Å²) in [7, 11) is 0. The lowest BCUT2D eigenvalue weighted by molar-refractivity contribution is -0.102. The molecule has 0 unspecified atom stereocenters. The molecule has 4 nitrogen and oxygen atoms in total. The molecule has 1 spiro atoms. The average molecular weight is 309 g/mol. The van der Waals surface area contributed by atoms with Crippen molar-refractivity contribution in [2.24, 2.45) is 4.99 Å². The van der Waals surface area contributed by atoms with Gasteiger partial charge in [-0.05, 0) is 43.4 Å². The van der Waals surface area contributed by atoms with Crippen molar-refractivity contribution in [1.29, 1.82) is 0 Å². The Morgan fingerprint density at radius 3 is 2.82 bits per heavy atom. The Bertz CT molecular complexity index is 844. The molecule has 2 aliphatic carbocycles. The second-order valence-electron chi connectivity index (χ2n) is 6.49. The maximum absolute atomic E-state index is 11.3. The van der Waals surface area contributed by atoms with Gasteiger partial charge in [0.05, 0.1) is 11.2 Å². The van der Waals surface area contributed by atoms with E-state index in [2.05, 4.69) is 40.9 Å². The molecule has 0 radical (unpaired) electrons. The van der Waals surface area contributed by atoms with Gasteiger partial charge in [0.1, 0.15) is 5.71 Å². The predicted molar refractivity (Wildman–Crippen MR) is 86.3 cm³/mol. The number of benzene rings is 1. The first-order chi connectivity index (χ1) is 10.7. The van der Waals surface area contributed by atoms with Gasteiger partial charge in [-0.15, -0.1) is 12.6 Å². The predicted octanol–water partition coefficient (Wildman–Crippen LogP) is 3.03. The minimum Gasteiger partial charge on any atom is -0.296 e. The zero-order chi connectivity index (χ0) is 14.9. The van der Waals surface area contributed by atoms with Gasteiger partial charge in [0.25, 0.3) is 0 Å². The molecule has 3 aliphatic rings. The fourth-order valence-electron chi connectivity index (χ4n) is 3.39. The molecule has 2 aromatic rings. The molecule has 0 saturated heterocycles. The summed E-state index contributed by atoms with van der Waals surface area (Å²) in [5.41, 5.74) is 4.77. The molecule has 1 aliphatic heterocycles. The lowest BCUT2D eigenvalue weighted by Crippen LogP contribution is -2.03. The molecule has 0 bridgehead atoms.